The van der Waals surface area contributed by atoms with Crippen LogP contribution < -0.4 is 0 Å². The molecule has 0 unspecified atom stereocenters. The number of carbonyl (C=O) groups excluding carboxylic acids is 1. The van der Waals surface area contributed by atoms with Crippen LogP contribution in [0.15, 0.2) is 41.7 Å². The van der Waals surface area contributed by atoms with Gasteiger partial charge in [0.05, 0.1) is 12.1 Å². The fourth-order valence-corrected chi connectivity index (χ4v) is 1.66. The lowest BCUT2D eigenvalue weighted by atomic mass is 10.1. The van der Waals surface area contributed by atoms with Crippen molar-refractivity contribution in [2.45, 2.75) is 6.42 Å². The van der Waals surface area contributed by atoms with Crippen LogP contribution in [0.5, 0.6) is 0 Å². The molecule has 78 valence electrons. The predicted octanol–water partition coefficient (Wildman–Crippen LogP) is 1.44. The molecule has 0 fully saturated rings. The van der Waals surface area contributed by atoms with Crippen molar-refractivity contribution in [2.24, 2.45) is 4.99 Å². The highest BCUT2D eigenvalue weighted by Gasteiger charge is 2.21. The van der Waals surface area contributed by atoms with Gasteiger partial charge in [0.15, 0.2) is 0 Å². The van der Waals surface area contributed by atoms with Crippen LogP contribution >= 0.6 is 0 Å². The van der Waals surface area contributed by atoms with E-state index in [1.807, 2.05) is 30.3 Å². The maximum absolute atomic E-state index is 11.7. The average Bonchev–Trinajstić information content (AvgIpc) is 2.79. The first-order valence-electron chi connectivity index (χ1n) is 4.91. The molecule has 3 rings (SSSR count). The van der Waals surface area contributed by atoms with Crippen LogP contribution in [0.2, 0.25) is 0 Å². The average molecular weight is 212 g/mol. The summed E-state index contributed by atoms with van der Waals surface area (Å²) in [7, 11) is 0. The molecule has 0 saturated heterocycles. The Labute approximate surface area is 91.5 Å². The molecule has 0 aliphatic carbocycles. The number of nitrogens with zero attached hydrogens (tertiary/aromatic N) is 4. The molecule has 0 atom stereocenters. The van der Waals surface area contributed by atoms with E-state index >= 15 is 0 Å². The third kappa shape index (κ3) is 1.33. The van der Waals surface area contributed by atoms with Gasteiger partial charge < -0.3 is 0 Å². The third-order valence-electron chi connectivity index (χ3n) is 2.43. The highest BCUT2D eigenvalue weighted by atomic mass is 16.2. The molecule has 5 heteroatoms. The Morgan fingerprint density at radius 3 is 2.81 bits per heavy atom. The van der Waals surface area contributed by atoms with Gasteiger partial charge in [-0.1, -0.05) is 30.3 Å². The van der Waals surface area contributed by atoms with E-state index in [-0.39, 0.29) is 12.3 Å². The summed E-state index contributed by atoms with van der Waals surface area (Å²) in [5, 5.41) is 3.81. The number of aliphatic imine (C=N–C) groups is 1. The van der Waals surface area contributed by atoms with Gasteiger partial charge in [0.2, 0.25) is 0 Å². The number of rotatable bonds is 1. The number of hydrogen-bond acceptors (Lipinski definition) is 4. The number of carbonyl (C=O) groups is 1. The maximum atomic E-state index is 11.7. The molecule has 1 aromatic heterocycles. The largest absolute Gasteiger partial charge is 0.272 e. The summed E-state index contributed by atoms with van der Waals surface area (Å²) in [6.07, 6.45) is 1.60. The van der Waals surface area contributed by atoms with Gasteiger partial charge in [0.25, 0.3) is 11.9 Å². The molecule has 0 bridgehead atoms. The second-order valence-electron chi connectivity index (χ2n) is 3.47. The standard InChI is InChI=1S/C11H8N4O/c16-10-6-9(8-4-2-1-3-5-8)14-11-12-7-13-15(10)11/h1-5,7H,6H2. The quantitative estimate of drug-likeness (QED) is 0.718. The van der Waals surface area contributed by atoms with Gasteiger partial charge in [0.1, 0.15) is 6.33 Å². The smallest absolute Gasteiger partial charge is 0.256 e. The molecule has 1 aliphatic rings. The molecule has 0 radical (unpaired) electrons. The van der Waals surface area contributed by atoms with Crippen molar-refractivity contribution in [3.8, 4) is 0 Å². The predicted molar refractivity (Wildman–Crippen MR) is 57.9 cm³/mol. The van der Waals surface area contributed by atoms with Crippen LogP contribution in [0.25, 0.3) is 0 Å². The van der Waals surface area contributed by atoms with E-state index in [4.69, 9.17) is 0 Å². The highest BCUT2D eigenvalue weighted by Crippen LogP contribution is 2.18. The second kappa shape index (κ2) is 3.37. The van der Waals surface area contributed by atoms with Crippen molar-refractivity contribution in [3.05, 3.63) is 42.2 Å². The lowest BCUT2D eigenvalue weighted by Crippen LogP contribution is -2.21. The first-order chi connectivity index (χ1) is 7.84. The monoisotopic (exact) mass is 212 g/mol. The van der Waals surface area contributed by atoms with Crippen molar-refractivity contribution in [1.29, 1.82) is 0 Å². The van der Waals surface area contributed by atoms with Crippen LogP contribution in [0.1, 0.15) is 16.8 Å². The lowest BCUT2D eigenvalue weighted by Gasteiger charge is -2.11. The Morgan fingerprint density at radius 1 is 1.19 bits per heavy atom. The first-order valence-corrected chi connectivity index (χ1v) is 4.91. The molecule has 0 amide bonds. The zero-order valence-electron chi connectivity index (χ0n) is 8.37. The van der Waals surface area contributed by atoms with Crippen LogP contribution in [-0.2, 0) is 0 Å². The van der Waals surface area contributed by atoms with E-state index in [0.717, 1.165) is 11.3 Å². The van der Waals surface area contributed by atoms with E-state index in [0.29, 0.717) is 5.95 Å². The van der Waals surface area contributed by atoms with Crippen molar-refractivity contribution in [3.63, 3.8) is 0 Å². The van der Waals surface area contributed by atoms with Crippen molar-refractivity contribution >= 4 is 17.6 Å². The Balaban J connectivity index is 2.10. The summed E-state index contributed by atoms with van der Waals surface area (Å²) in [6.45, 7) is 0. The van der Waals surface area contributed by atoms with Crippen LogP contribution in [-0.4, -0.2) is 26.4 Å². The number of hydrogen-bond donors (Lipinski definition) is 0. The Kier molecular flexibility index (Phi) is 1.89. The molecular formula is C11H8N4O. The van der Waals surface area contributed by atoms with Gasteiger partial charge in [0, 0.05) is 0 Å². The fraction of sp³-hybridized carbons (Fsp3) is 0.0909. The molecule has 1 aromatic carbocycles. The lowest BCUT2D eigenvalue weighted by molar-refractivity contribution is 0.0906. The maximum Gasteiger partial charge on any atom is 0.256 e. The molecule has 2 heterocycles. The summed E-state index contributed by atoms with van der Waals surface area (Å²) in [5.41, 5.74) is 1.69. The molecule has 0 spiro atoms. The first kappa shape index (κ1) is 8.96. The molecule has 5 nitrogen and oxygen atoms in total. The second-order valence-corrected chi connectivity index (χ2v) is 3.47. The molecule has 16 heavy (non-hydrogen) atoms. The fourth-order valence-electron chi connectivity index (χ4n) is 1.66. The zero-order valence-corrected chi connectivity index (χ0v) is 8.37. The topological polar surface area (TPSA) is 60.1 Å². The summed E-state index contributed by atoms with van der Waals surface area (Å²) in [4.78, 5) is 19.9. The van der Waals surface area contributed by atoms with Gasteiger partial charge in [-0.2, -0.15) is 14.8 Å². The Bertz CT molecular complexity index is 571. The minimum atomic E-state index is -0.0960. The summed E-state index contributed by atoms with van der Waals surface area (Å²) < 4.78 is 1.23. The minimum Gasteiger partial charge on any atom is -0.272 e. The SMILES string of the molecule is O=C1CC(c2ccccc2)=Nc2ncnn21. The van der Waals surface area contributed by atoms with Crippen LogP contribution in [0.3, 0.4) is 0 Å². The molecule has 0 saturated carbocycles. The summed E-state index contributed by atoms with van der Waals surface area (Å²) >= 11 is 0. The Hall–Kier alpha value is -2.30. The van der Waals surface area contributed by atoms with E-state index in [1.165, 1.54) is 11.0 Å². The molecule has 1 aliphatic heterocycles. The summed E-state index contributed by atoms with van der Waals surface area (Å²) in [5.74, 6) is 0.261. The number of benzene rings is 1. The van der Waals surface area contributed by atoms with Crippen LogP contribution in [0.4, 0.5) is 5.95 Å². The van der Waals surface area contributed by atoms with Gasteiger partial charge in [-0.3, -0.25) is 4.79 Å². The van der Waals surface area contributed by atoms with Crippen molar-refractivity contribution in [2.75, 3.05) is 0 Å². The summed E-state index contributed by atoms with van der Waals surface area (Å²) in [6, 6.07) is 9.62. The molecular weight excluding hydrogens is 204 g/mol. The van der Waals surface area contributed by atoms with Crippen LogP contribution in [0, 0.1) is 0 Å². The van der Waals surface area contributed by atoms with E-state index in [2.05, 4.69) is 15.1 Å². The Morgan fingerprint density at radius 2 is 2.00 bits per heavy atom. The third-order valence-corrected chi connectivity index (χ3v) is 2.43. The van der Waals surface area contributed by atoms with Gasteiger partial charge >= 0.3 is 0 Å². The van der Waals surface area contributed by atoms with E-state index < -0.39 is 0 Å². The molecule has 0 N–H and O–H groups in total. The van der Waals surface area contributed by atoms with Crippen molar-refractivity contribution in [1.82, 2.24) is 14.8 Å². The van der Waals surface area contributed by atoms with E-state index in [9.17, 15) is 4.79 Å². The minimum absolute atomic E-state index is 0.0960. The van der Waals surface area contributed by atoms with Gasteiger partial charge in [-0.25, -0.2) is 4.99 Å². The van der Waals surface area contributed by atoms with Gasteiger partial charge in [-0.05, 0) is 5.56 Å². The highest BCUT2D eigenvalue weighted by molar-refractivity contribution is 6.13. The van der Waals surface area contributed by atoms with E-state index in [1.54, 1.807) is 0 Å². The zero-order chi connectivity index (χ0) is 11.0. The number of aromatic nitrogens is 3. The number of fused-ring (bicyclic) bond motifs is 1. The van der Waals surface area contributed by atoms with Crippen molar-refractivity contribution < 1.29 is 4.79 Å². The normalized spacial score (nSPS) is 14.5. The molecule has 2 aromatic rings. The van der Waals surface area contributed by atoms with Gasteiger partial charge in [-0.15, -0.1) is 0 Å².